The van der Waals surface area contributed by atoms with E-state index in [-0.39, 0.29) is 9.79 Å². The van der Waals surface area contributed by atoms with Crippen molar-refractivity contribution in [2.45, 2.75) is 9.79 Å². The lowest BCUT2D eigenvalue weighted by molar-refractivity contribution is 0.482. The quantitative estimate of drug-likeness (QED) is 0.335. The van der Waals surface area contributed by atoms with E-state index in [2.05, 4.69) is 11.8 Å². The summed E-state index contributed by atoms with van der Waals surface area (Å²) in [5.74, 6) is 7.32. The first-order valence-corrected chi connectivity index (χ1v) is 11.4. The van der Waals surface area contributed by atoms with Crippen molar-refractivity contribution < 1.29 is 17.9 Å². The number of benzene rings is 4. The van der Waals surface area contributed by atoms with Gasteiger partial charge in [0.2, 0.25) is 9.84 Å². The normalized spacial score (nSPS) is 10.6. The first-order chi connectivity index (χ1) is 16.0. The number of ether oxygens (including phenoxy) is 2. The van der Waals surface area contributed by atoms with Crippen molar-refractivity contribution in [1.29, 1.82) is 0 Å². The van der Waals surface area contributed by atoms with E-state index in [9.17, 15) is 8.42 Å². The second-order valence-corrected chi connectivity index (χ2v) is 8.94. The number of rotatable bonds is 6. The van der Waals surface area contributed by atoms with Crippen LogP contribution in [-0.4, -0.2) is 8.42 Å². The highest BCUT2D eigenvalue weighted by atomic mass is 32.2. The zero-order valence-corrected chi connectivity index (χ0v) is 18.3. The summed E-state index contributed by atoms with van der Waals surface area (Å²) < 4.78 is 37.5. The molecule has 0 aliphatic carbocycles. The van der Waals surface area contributed by atoms with Gasteiger partial charge in [-0.05, 0) is 97.1 Å². The van der Waals surface area contributed by atoms with Crippen LogP contribution in [0.25, 0.3) is 0 Å². The molecule has 0 spiro atoms. The van der Waals surface area contributed by atoms with Crippen molar-refractivity contribution in [3.05, 3.63) is 108 Å². The second-order valence-electron chi connectivity index (χ2n) is 6.99. The molecule has 0 aliphatic heterocycles. The zero-order chi connectivity index (χ0) is 23.3. The van der Waals surface area contributed by atoms with Crippen LogP contribution in [0.5, 0.6) is 23.0 Å². The fourth-order valence-corrected chi connectivity index (χ4v) is 4.28. The van der Waals surface area contributed by atoms with E-state index in [1.165, 1.54) is 24.3 Å². The van der Waals surface area contributed by atoms with Crippen molar-refractivity contribution in [3.8, 4) is 47.7 Å². The maximum Gasteiger partial charge on any atom is 0.206 e. The lowest BCUT2D eigenvalue weighted by Crippen LogP contribution is -2.01. The highest BCUT2D eigenvalue weighted by molar-refractivity contribution is 7.91. The molecule has 0 N–H and O–H groups in total. The monoisotopic (exact) mass is 450 g/mol. The summed E-state index contributed by atoms with van der Waals surface area (Å²) in [5.41, 5.74) is 1.50. The lowest BCUT2D eigenvalue weighted by Gasteiger charge is -2.09. The van der Waals surface area contributed by atoms with Gasteiger partial charge >= 0.3 is 0 Å². The van der Waals surface area contributed by atoms with E-state index in [0.717, 1.165) is 11.1 Å². The molecule has 0 amide bonds. The molecule has 4 aromatic rings. The summed E-state index contributed by atoms with van der Waals surface area (Å²) >= 11 is 0. The van der Waals surface area contributed by atoms with Gasteiger partial charge in [-0.15, -0.1) is 12.8 Å². The molecular weight excluding hydrogens is 432 g/mol. The van der Waals surface area contributed by atoms with Crippen LogP contribution in [0.1, 0.15) is 11.1 Å². The Bertz CT molecular complexity index is 1330. The van der Waals surface area contributed by atoms with Crippen molar-refractivity contribution >= 4 is 9.84 Å². The Morgan fingerprint density at radius 1 is 0.485 bits per heavy atom. The molecule has 0 atom stereocenters. The smallest absolute Gasteiger partial charge is 0.206 e. The van der Waals surface area contributed by atoms with Crippen molar-refractivity contribution in [3.63, 3.8) is 0 Å². The van der Waals surface area contributed by atoms with Crippen LogP contribution in [0.4, 0.5) is 0 Å². The fraction of sp³-hybridized carbons (Fsp3) is 0. The molecule has 0 saturated heterocycles. The Morgan fingerprint density at radius 2 is 0.758 bits per heavy atom. The van der Waals surface area contributed by atoms with Gasteiger partial charge in [0.25, 0.3) is 0 Å². The Kier molecular flexibility index (Phi) is 6.17. The second kappa shape index (κ2) is 9.36. The maximum atomic E-state index is 13.0. The first-order valence-electron chi connectivity index (χ1n) is 9.92. The molecule has 4 nitrogen and oxygen atoms in total. The van der Waals surface area contributed by atoms with Crippen LogP contribution in [0.15, 0.2) is 107 Å². The van der Waals surface area contributed by atoms with Crippen LogP contribution in [-0.2, 0) is 9.84 Å². The summed E-state index contributed by atoms with van der Waals surface area (Å²) in [6.07, 6.45) is 10.7. The van der Waals surface area contributed by atoms with Crippen molar-refractivity contribution in [1.82, 2.24) is 0 Å². The Labute approximate surface area is 193 Å². The number of terminal acetylenes is 2. The third-order valence-corrected chi connectivity index (χ3v) is 6.57. The molecular formula is C28H18O4S. The molecule has 0 bridgehead atoms. The van der Waals surface area contributed by atoms with Gasteiger partial charge in [-0.25, -0.2) is 8.42 Å². The van der Waals surface area contributed by atoms with E-state index in [1.54, 1.807) is 72.8 Å². The Balaban J connectivity index is 1.46. The Hall–Kier alpha value is -4.45. The average Bonchev–Trinajstić information content (AvgIpc) is 2.86. The van der Waals surface area contributed by atoms with Gasteiger partial charge in [0.15, 0.2) is 0 Å². The fourth-order valence-electron chi connectivity index (χ4n) is 3.02. The topological polar surface area (TPSA) is 52.6 Å². The Morgan fingerprint density at radius 3 is 1.03 bits per heavy atom. The van der Waals surface area contributed by atoms with Gasteiger partial charge in [-0.1, -0.05) is 11.8 Å². The average molecular weight is 451 g/mol. The predicted octanol–water partition coefficient (Wildman–Crippen LogP) is 6.07. The van der Waals surface area contributed by atoms with Gasteiger partial charge < -0.3 is 9.47 Å². The largest absolute Gasteiger partial charge is 0.457 e. The summed E-state index contributed by atoms with van der Waals surface area (Å²) in [4.78, 5) is 0.326. The maximum absolute atomic E-state index is 13.0. The standard InChI is InChI=1S/C28H18O4S/c1-3-21-5-9-23(10-6-21)31-25-13-17-27(18-14-25)33(29,30)28-19-15-26(16-20-28)32-24-11-7-22(4-2)8-12-24/h1-2,5-20H. The molecule has 4 rings (SSSR count). The van der Waals surface area contributed by atoms with Crippen LogP contribution in [0, 0.1) is 24.7 Å². The highest BCUT2D eigenvalue weighted by Gasteiger charge is 2.18. The molecule has 160 valence electrons. The van der Waals surface area contributed by atoms with Gasteiger partial charge in [0.1, 0.15) is 23.0 Å². The molecule has 33 heavy (non-hydrogen) atoms. The summed E-state index contributed by atoms with van der Waals surface area (Å²) in [5, 5.41) is 0. The van der Waals surface area contributed by atoms with E-state index < -0.39 is 9.84 Å². The summed E-state index contributed by atoms with van der Waals surface area (Å²) in [7, 11) is -3.69. The van der Waals surface area contributed by atoms with Gasteiger partial charge in [-0.2, -0.15) is 0 Å². The van der Waals surface area contributed by atoms with E-state index >= 15 is 0 Å². The van der Waals surface area contributed by atoms with E-state index in [0.29, 0.717) is 23.0 Å². The van der Waals surface area contributed by atoms with E-state index in [4.69, 9.17) is 22.3 Å². The van der Waals surface area contributed by atoms with Gasteiger partial charge in [-0.3, -0.25) is 0 Å². The minimum absolute atomic E-state index is 0.163. The molecule has 4 aromatic carbocycles. The van der Waals surface area contributed by atoms with Gasteiger partial charge in [0.05, 0.1) is 9.79 Å². The molecule has 0 unspecified atom stereocenters. The molecule has 5 heteroatoms. The van der Waals surface area contributed by atoms with Crippen LogP contribution < -0.4 is 9.47 Å². The van der Waals surface area contributed by atoms with Crippen LogP contribution in [0.3, 0.4) is 0 Å². The van der Waals surface area contributed by atoms with E-state index in [1.807, 2.05) is 0 Å². The predicted molar refractivity (Wildman–Crippen MR) is 127 cm³/mol. The van der Waals surface area contributed by atoms with Crippen LogP contribution >= 0.6 is 0 Å². The minimum Gasteiger partial charge on any atom is -0.457 e. The van der Waals surface area contributed by atoms with Crippen molar-refractivity contribution in [2.24, 2.45) is 0 Å². The third-order valence-electron chi connectivity index (χ3n) is 4.78. The molecule has 0 aliphatic rings. The number of sulfone groups is 1. The van der Waals surface area contributed by atoms with Crippen LogP contribution in [0.2, 0.25) is 0 Å². The third kappa shape index (κ3) is 5.07. The molecule has 0 saturated carbocycles. The molecule has 0 fully saturated rings. The zero-order valence-electron chi connectivity index (χ0n) is 17.4. The molecule has 0 aromatic heterocycles. The lowest BCUT2D eigenvalue weighted by atomic mass is 10.2. The number of hydrogen-bond acceptors (Lipinski definition) is 4. The SMILES string of the molecule is C#Cc1ccc(Oc2ccc(S(=O)(=O)c3ccc(Oc4ccc(C#C)cc4)cc3)cc2)cc1. The highest BCUT2D eigenvalue weighted by Crippen LogP contribution is 2.28. The first kappa shape index (κ1) is 21.8. The van der Waals surface area contributed by atoms with Gasteiger partial charge in [0, 0.05) is 11.1 Å². The van der Waals surface area contributed by atoms with Crippen molar-refractivity contribution in [2.75, 3.05) is 0 Å². The molecule has 0 radical (unpaired) electrons. The minimum atomic E-state index is -3.69. The summed E-state index contributed by atoms with van der Waals surface area (Å²) in [6, 6.07) is 26.6. The summed E-state index contributed by atoms with van der Waals surface area (Å²) in [6.45, 7) is 0. The number of hydrogen-bond donors (Lipinski definition) is 0. The molecule has 0 heterocycles.